The van der Waals surface area contributed by atoms with E-state index in [1.54, 1.807) is 6.92 Å². The molecule has 1 atom stereocenters. The van der Waals surface area contributed by atoms with Gasteiger partial charge in [0.25, 0.3) is 0 Å². The van der Waals surface area contributed by atoms with Crippen LogP contribution in [-0.2, 0) is 9.59 Å². The van der Waals surface area contributed by atoms with E-state index < -0.39 is 49.5 Å². The zero-order chi connectivity index (χ0) is 19.2. The molecule has 0 aromatic heterocycles. The number of benzene rings is 1. The van der Waals surface area contributed by atoms with Crippen molar-refractivity contribution in [3.63, 3.8) is 0 Å². The molecule has 25 heavy (non-hydrogen) atoms. The van der Waals surface area contributed by atoms with E-state index in [1.165, 1.54) is 38.4 Å². The van der Waals surface area contributed by atoms with Gasteiger partial charge in [-0.2, -0.15) is 13.2 Å². The second kappa shape index (κ2) is 8.80. The van der Waals surface area contributed by atoms with Crippen molar-refractivity contribution in [2.75, 3.05) is 33.7 Å². The van der Waals surface area contributed by atoms with E-state index >= 15 is 0 Å². The van der Waals surface area contributed by atoms with Crippen LogP contribution in [0.15, 0.2) is 24.3 Å². The number of carbonyl (C=O) groups is 2. The Morgan fingerprint density at radius 1 is 1.12 bits per heavy atom. The van der Waals surface area contributed by atoms with Gasteiger partial charge in [0, 0.05) is 14.1 Å². The minimum Gasteiger partial charge on any atom is -0.348 e. The largest absolute Gasteiger partial charge is 0.401 e. The number of alkyl halides is 3. The van der Waals surface area contributed by atoms with Crippen LogP contribution < -0.4 is 5.32 Å². The molecule has 5 nitrogen and oxygen atoms in total. The molecule has 140 valence electrons. The Hall–Kier alpha value is -2.16. The van der Waals surface area contributed by atoms with Crippen LogP contribution in [0, 0.1) is 5.82 Å². The summed E-state index contributed by atoms with van der Waals surface area (Å²) >= 11 is 0. The number of carbonyl (C=O) groups excluding carboxylic acids is 2. The lowest BCUT2D eigenvalue weighted by atomic mass is 10.1. The van der Waals surface area contributed by atoms with Crippen LogP contribution in [0.25, 0.3) is 0 Å². The van der Waals surface area contributed by atoms with E-state index in [0.29, 0.717) is 5.56 Å². The van der Waals surface area contributed by atoms with E-state index in [1.807, 2.05) is 0 Å². The quantitative estimate of drug-likeness (QED) is 0.754. The van der Waals surface area contributed by atoms with E-state index in [-0.39, 0.29) is 0 Å². The van der Waals surface area contributed by atoms with Crippen molar-refractivity contribution in [2.45, 2.75) is 19.1 Å². The first-order valence-corrected chi connectivity index (χ1v) is 7.52. The van der Waals surface area contributed by atoms with Crippen LogP contribution in [0.2, 0.25) is 0 Å². The van der Waals surface area contributed by atoms with Gasteiger partial charge in [-0.3, -0.25) is 14.5 Å². The summed E-state index contributed by atoms with van der Waals surface area (Å²) in [5.74, 6) is -1.63. The molecule has 1 N–H and O–H groups in total. The Morgan fingerprint density at radius 3 is 2.16 bits per heavy atom. The Kier molecular flexibility index (Phi) is 7.35. The summed E-state index contributed by atoms with van der Waals surface area (Å²) in [6.45, 7) is -0.843. The highest BCUT2D eigenvalue weighted by molar-refractivity contribution is 5.81. The first-order valence-electron chi connectivity index (χ1n) is 7.52. The first-order chi connectivity index (χ1) is 11.5. The molecule has 2 amide bonds. The second-order valence-electron chi connectivity index (χ2n) is 5.89. The maximum absolute atomic E-state index is 12.9. The Bertz CT molecular complexity index is 588. The molecular weight excluding hydrogens is 342 g/mol. The molecule has 9 heteroatoms. The predicted octanol–water partition coefficient (Wildman–Crippen LogP) is 1.96. The number of nitrogens with zero attached hydrogens (tertiary/aromatic N) is 2. The summed E-state index contributed by atoms with van der Waals surface area (Å²) in [6, 6.07) is 4.89. The zero-order valence-electron chi connectivity index (χ0n) is 14.2. The fourth-order valence-corrected chi connectivity index (χ4v) is 2.08. The Labute approximate surface area is 143 Å². The van der Waals surface area contributed by atoms with Crippen molar-refractivity contribution >= 4 is 11.8 Å². The second-order valence-corrected chi connectivity index (χ2v) is 5.89. The number of rotatable bonds is 7. The molecule has 0 saturated carbocycles. The lowest BCUT2D eigenvalue weighted by Crippen LogP contribution is -2.46. The minimum atomic E-state index is -4.53. The maximum atomic E-state index is 12.9. The first kappa shape index (κ1) is 20.9. The van der Waals surface area contributed by atoms with E-state index in [0.717, 1.165) is 9.80 Å². The fraction of sp³-hybridized carbons (Fsp3) is 0.500. The molecule has 0 bridgehead atoms. The van der Waals surface area contributed by atoms with Crippen molar-refractivity contribution in [3.8, 4) is 0 Å². The van der Waals surface area contributed by atoms with Gasteiger partial charge in [0.2, 0.25) is 11.8 Å². The van der Waals surface area contributed by atoms with Gasteiger partial charge < -0.3 is 10.2 Å². The number of nitrogens with one attached hydrogen (secondary N) is 1. The summed E-state index contributed by atoms with van der Waals surface area (Å²) < 4.78 is 50.8. The molecule has 0 saturated heterocycles. The highest BCUT2D eigenvalue weighted by atomic mass is 19.4. The van der Waals surface area contributed by atoms with Gasteiger partial charge in [-0.15, -0.1) is 0 Å². The molecule has 0 heterocycles. The lowest BCUT2D eigenvalue weighted by Gasteiger charge is -2.25. The van der Waals surface area contributed by atoms with Gasteiger partial charge in [0.15, 0.2) is 0 Å². The van der Waals surface area contributed by atoms with Crippen LogP contribution in [0.4, 0.5) is 17.6 Å². The fourth-order valence-electron chi connectivity index (χ4n) is 2.08. The normalized spacial score (nSPS) is 12.8. The van der Waals surface area contributed by atoms with Gasteiger partial charge >= 0.3 is 6.18 Å². The number of hydrogen-bond donors (Lipinski definition) is 1. The third-order valence-electron chi connectivity index (χ3n) is 3.38. The van der Waals surface area contributed by atoms with Gasteiger partial charge in [-0.05, 0) is 24.6 Å². The molecule has 0 aliphatic heterocycles. The topological polar surface area (TPSA) is 52.7 Å². The molecule has 0 aliphatic carbocycles. The summed E-state index contributed by atoms with van der Waals surface area (Å²) in [5.41, 5.74) is 0.612. The SMILES string of the molecule is C[C@@H](NC(=O)CN(CC(=O)N(C)C)CC(F)(F)F)c1ccc(F)cc1. The average Bonchev–Trinajstić information content (AvgIpc) is 2.45. The lowest BCUT2D eigenvalue weighted by molar-refractivity contribution is -0.152. The highest BCUT2D eigenvalue weighted by Gasteiger charge is 2.32. The average molecular weight is 363 g/mol. The van der Waals surface area contributed by atoms with Crippen LogP contribution >= 0.6 is 0 Å². The summed E-state index contributed by atoms with van der Waals surface area (Å²) in [5, 5.41) is 2.54. The third kappa shape index (κ3) is 7.97. The van der Waals surface area contributed by atoms with Crippen LogP contribution in [0.1, 0.15) is 18.5 Å². The van der Waals surface area contributed by atoms with Crippen LogP contribution in [-0.4, -0.2) is 61.5 Å². The van der Waals surface area contributed by atoms with E-state index in [4.69, 9.17) is 0 Å². The van der Waals surface area contributed by atoms with E-state index in [9.17, 15) is 27.2 Å². The Morgan fingerprint density at radius 2 is 1.68 bits per heavy atom. The van der Waals surface area contributed by atoms with Gasteiger partial charge in [-0.25, -0.2) is 4.39 Å². The summed E-state index contributed by atoms with van der Waals surface area (Å²) in [4.78, 5) is 25.6. The summed E-state index contributed by atoms with van der Waals surface area (Å²) in [6.07, 6.45) is -4.53. The molecule has 0 spiro atoms. The number of amides is 2. The molecule has 1 aromatic rings. The maximum Gasteiger partial charge on any atom is 0.401 e. The molecule has 0 radical (unpaired) electrons. The summed E-state index contributed by atoms with van der Waals surface area (Å²) in [7, 11) is 2.84. The monoisotopic (exact) mass is 363 g/mol. The van der Waals surface area contributed by atoms with Gasteiger partial charge in [0.05, 0.1) is 25.7 Å². The number of hydrogen-bond acceptors (Lipinski definition) is 3. The number of likely N-dealkylation sites (N-methyl/N-ethyl adjacent to an activating group) is 1. The highest BCUT2D eigenvalue weighted by Crippen LogP contribution is 2.17. The van der Waals surface area contributed by atoms with Crippen molar-refractivity contribution < 1.29 is 27.2 Å². The van der Waals surface area contributed by atoms with Crippen molar-refractivity contribution in [2.24, 2.45) is 0 Å². The molecule has 0 aliphatic rings. The Balaban J connectivity index is 2.69. The predicted molar refractivity (Wildman–Crippen MR) is 84.1 cm³/mol. The van der Waals surface area contributed by atoms with Crippen molar-refractivity contribution in [1.29, 1.82) is 0 Å². The molecule has 1 rings (SSSR count). The molecule has 0 fully saturated rings. The smallest absolute Gasteiger partial charge is 0.348 e. The van der Waals surface area contributed by atoms with Gasteiger partial charge in [-0.1, -0.05) is 12.1 Å². The van der Waals surface area contributed by atoms with E-state index in [2.05, 4.69) is 5.32 Å². The standard InChI is InChI=1S/C16H21F4N3O2/c1-11(12-4-6-13(17)7-5-12)21-14(24)8-23(10-16(18,19)20)9-15(25)22(2)3/h4-7,11H,8-10H2,1-3H3,(H,21,24)/t11-/m1/s1. The minimum absolute atomic E-state index is 0.430. The third-order valence-corrected chi connectivity index (χ3v) is 3.38. The molecular formula is C16H21F4N3O2. The number of halogens is 4. The van der Waals surface area contributed by atoms with Crippen LogP contribution in [0.3, 0.4) is 0 Å². The van der Waals surface area contributed by atoms with Crippen molar-refractivity contribution in [3.05, 3.63) is 35.6 Å². The molecule has 1 aromatic carbocycles. The van der Waals surface area contributed by atoms with Crippen molar-refractivity contribution in [1.82, 2.24) is 15.1 Å². The molecule has 0 unspecified atom stereocenters. The van der Waals surface area contributed by atoms with Gasteiger partial charge in [0.1, 0.15) is 5.82 Å². The van der Waals surface area contributed by atoms with Crippen LogP contribution in [0.5, 0.6) is 0 Å². The zero-order valence-corrected chi connectivity index (χ0v) is 14.2.